The van der Waals surface area contributed by atoms with Crippen molar-refractivity contribution in [2.24, 2.45) is 5.41 Å². The van der Waals surface area contributed by atoms with E-state index in [9.17, 15) is 0 Å². The van der Waals surface area contributed by atoms with Crippen molar-refractivity contribution >= 4 is 45.5 Å². The van der Waals surface area contributed by atoms with Gasteiger partial charge in [0.25, 0.3) is 0 Å². The first-order valence-corrected chi connectivity index (χ1v) is 6.39. The van der Waals surface area contributed by atoms with Crippen molar-refractivity contribution in [3.63, 3.8) is 0 Å². The van der Waals surface area contributed by atoms with Crippen LogP contribution in [0.3, 0.4) is 0 Å². The third-order valence-electron chi connectivity index (χ3n) is 2.35. The van der Waals surface area contributed by atoms with Crippen LogP contribution in [0.15, 0.2) is 0 Å². The van der Waals surface area contributed by atoms with Crippen molar-refractivity contribution in [2.75, 3.05) is 26.7 Å². The highest BCUT2D eigenvalue weighted by Crippen LogP contribution is 2.33. The minimum atomic E-state index is 0.537. The van der Waals surface area contributed by atoms with Crippen molar-refractivity contribution in [1.82, 2.24) is 8.01 Å². The quantitative estimate of drug-likeness (QED) is 0.314. The van der Waals surface area contributed by atoms with Crippen molar-refractivity contribution in [3.05, 3.63) is 0 Å². The predicted molar refractivity (Wildman–Crippen MR) is 69.8 cm³/mol. The van der Waals surface area contributed by atoms with Crippen molar-refractivity contribution in [2.45, 2.75) is 17.9 Å². The summed E-state index contributed by atoms with van der Waals surface area (Å²) in [6.07, 6.45) is 0. The van der Waals surface area contributed by atoms with E-state index in [1.807, 2.05) is 0 Å². The largest absolute Gasteiger partial charge is 0.294 e. The second-order valence-electron chi connectivity index (χ2n) is 4.08. The van der Waals surface area contributed by atoms with E-state index in [4.69, 9.17) is 0 Å². The molecule has 0 amide bonds. The molecule has 0 saturated carbocycles. The molecule has 0 bridgehead atoms. The molecule has 0 aromatic carbocycles. The molecule has 1 aliphatic heterocycles. The van der Waals surface area contributed by atoms with Crippen LogP contribution in [-0.2, 0) is 0 Å². The van der Waals surface area contributed by atoms with Gasteiger partial charge in [0.15, 0.2) is 0 Å². The second kappa shape index (κ2) is 4.27. The zero-order valence-electron chi connectivity index (χ0n) is 7.85. The molecule has 0 aromatic rings. The van der Waals surface area contributed by atoms with E-state index >= 15 is 0 Å². The maximum atomic E-state index is 2.46. The molecule has 0 N–H and O–H groups in total. The molecule has 1 unspecified atom stereocenters. The van der Waals surface area contributed by atoms with Crippen LogP contribution >= 0.6 is 45.5 Å². The fraction of sp³-hybridized carbons (Fsp3) is 1.00. The van der Waals surface area contributed by atoms with E-state index in [0.717, 1.165) is 0 Å². The first-order chi connectivity index (χ1) is 5.43. The van der Waals surface area contributed by atoms with Crippen LogP contribution < -0.4 is 0 Å². The van der Waals surface area contributed by atoms with Gasteiger partial charge in [-0.1, -0.05) is 29.5 Å². The Hall–Kier alpha value is 1.38. The van der Waals surface area contributed by atoms with Gasteiger partial charge in [0, 0.05) is 47.9 Å². The highest BCUT2D eigenvalue weighted by Gasteiger charge is 2.38. The summed E-state index contributed by atoms with van der Waals surface area (Å²) in [4.78, 5) is 2.42. The minimum Gasteiger partial charge on any atom is -0.294 e. The number of rotatable bonds is 3. The molecule has 1 saturated heterocycles. The van der Waals surface area contributed by atoms with E-state index < -0.39 is 0 Å². The molecule has 1 aliphatic rings. The fourth-order valence-corrected chi connectivity index (χ4v) is 3.45. The van der Waals surface area contributed by atoms with Gasteiger partial charge < -0.3 is 0 Å². The summed E-state index contributed by atoms with van der Waals surface area (Å²) in [5.41, 5.74) is 0.537. The summed E-state index contributed by atoms with van der Waals surface area (Å²) in [5.74, 6) is 0. The summed E-state index contributed by atoms with van der Waals surface area (Å²) < 4.78 is 2.99. The Balaban J connectivity index is 2.31. The van der Waals surface area contributed by atoms with Gasteiger partial charge in [-0.15, -0.1) is 0 Å². The maximum absolute atomic E-state index is 2.46. The highest BCUT2D eigenvalue weighted by molar-refractivity contribution is 14.1. The van der Waals surface area contributed by atoms with E-state index in [1.54, 1.807) is 0 Å². The van der Waals surface area contributed by atoms with E-state index in [1.165, 1.54) is 19.6 Å². The minimum absolute atomic E-state index is 0.537. The first-order valence-electron chi connectivity index (χ1n) is 4.18. The summed E-state index contributed by atoms with van der Waals surface area (Å²) in [5, 5.41) is 0. The Morgan fingerprint density at radius 2 is 2.08 bits per heavy atom. The summed E-state index contributed by atoms with van der Waals surface area (Å²) in [6, 6.07) is 0. The van der Waals surface area contributed by atoms with Crippen molar-refractivity contribution in [3.8, 4) is 0 Å². The van der Waals surface area contributed by atoms with E-state index in [-0.39, 0.29) is 0 Å². The summed E-state index contributed by atoms with van der Waals surface area (Å²) in [7, 11) is 2.21. The average molecular weight is 394 g/mol. The van der Waals surface area contributed by atoms with Gasteiger partial charge in [-0.3, -0.25) is 4.90 Å². The van der Waals surface area contributed by atoms with Gasteiger partial charge in [-0.25, -0.2) is 3.11 Å². The molecule has 0 spiro atoms. The molecule has 0 radical (unpaired) electrons. The lowest BCUT2D eigenvalue weighted by molar-refractivity contribution is 0.0725. The Labute approximate surface area is 103 Å². The normalized spacial score (nSPS) is 25.5. The summed E-state index contributed by atoms with van der Waals surface area (Å²) >= 11 is 4.86. The molecular weight excluding hydrogens is 378 g/mol. The number of halogens is 2. The van der Waals surface area contributed by atoms with Crippen LogP contribution in [0.1, 0.15) is 13.8 Å². The summed E-state index contributed by atoms with van der Waals surface area (Å²) in [6.45, 7) is 8.31. The van der Waals surface area contributed by atoms with Crippen LogP contribution in [0.5, 0.6) is 0 Å². The molecule has 1 atom stereocenters. The molecular formula is C8H16I2N2. The smallest absolute Gasteiger partial charge is 0.0587 e. The second-order valence-corrected chi connectivity index (χ2v) is 7.25. The number of hydrogen-bond donors (Lipinski definition) is 0. The van der Waals surface area contributed by atoms with Gasteiger partial charge in [0.1, 0.15) is 0 Å². The zero-order valence-corrected chi connectivity index (χ0v) is 12.2. The van der Waals surface area contributed by atoms with Gasteiger partial charge in [-0.2, -0.15) is 0 Å². The van der Waals surface area contributed by atoms with Crippen LogP contribution in [0.4, 0.5) is 0 Å². The predicted octanol–water partition coefficient (Wildman–Crippen LogP) is 2.37. The van der Waals surface area contributed by atoms with Gasteiger partial charge in [0.2, 0.25) is 0 Å². The highest BCUT2D eigenvalue weighted by atomic mass is 127. The third kappa shape index (κ3) is 2.95. The Morgan fingerprint density at radius 3 is 2.42 bits per heavy atom. The van der Waals surface area contributed by atoms with Gasteiger partial charge in [-0.05, 0) is 14.0 Å². The molecule has 1 heterocycles. The number of nitrogens with zero attached hydrogens (tertiary/aromatic N) is 2. The van der Waals surface area contributed by atoms with Crippen LogP contribution in [0.25, 0.3) is 0 Å². The SMILES string of the molecule is CC(I)N(C)CC1(C)CN(I)C1. The molecule has 72 valence electrons. The maximum Gasteiger partial charge on any atom is 0.0587 e. The lowest BCUT2D eigenvalue weighted by atomic mass is 9.84. The van der Waals surface area contributed by atoms with Gasteiger partial charge >= 0.3 is 0 Å². The molecule has 0 aromatic heterocycles. The molecule has 2 nitrogen and oxygen atoms in total. The molecule has 1 fully saturated rings. The van der Waals surface area contributed by atoms with Crippen molar-refractivity contribution in [1.29, 1.82) is 0 Å². The first kappa shape index (κ1) is 11.5. The van der Waals surface area contributed by atoms with Crippen LogP contribution in [0.2, 0.25) is 0 Å². The number of hydrogen-bond acceptors (Lipinski definition) is 2. The lowest BCUT2D eigenvalue weighted by Gasteiger charge is -2.47. The van der Waals surface area contributed by atoms with E-state index in [2.05, 4.69) is 74.4 Å². The average Bonchev–Trinajstić information content (AvgIpc) is 1.83. The Kier molecular flexibility index (Phi) is 4.07. The topological polar surface area (TPSA) is 6.48 Å². The zero-order chi connectivity index (χ0) is 9.35. The molecule has 1 rings (SSSR count). The Bertz CT molecular complexity index is 155. The van der Waals surface area contributed by atoms with Gasteiger partial charge in [0.05, 0.1) is 4.05 Å². The standard InChI is InChI=1S/C8H16I2N2/c1-7(9)11(3)4-8(2)5-12(10)6-8/h7H,4-6H2,1-3H3. The monoisotopic (exact) mass is 394 g/mol. The lowest BCUT2D eigenvalue weighted by Crippen LogP contribution is -2.55. The third-order valence-corrected chi connectivity index (χ3v) is 3.98. The van der Waals surface area contributed by atoms with Crippen LogP contribution in [0, 0.1) is 5.41 Å². The number of alkyl halides is 1. The fourth-order valence-electron chi connectivity index (χ4n) is 1.61. The van der Waals surface area contributed by atoms with E-state index in [0.29, 0.717) is 9.46 Å². The molecule has 12 heavy (non-hydrogen) atoms. The van der Waals surface area contributed by atoms with Crippen molar-refractivity contribution < 1.29 is 0 Å². The molecule has 4 heteroatoms. The molecule has 0 aliphatic carbocycles. The Morgan fingerprint density at radius 1 is 1.58 bits per heavy atom. The van der Waals surface area contributed by atoms with Crippen LogP contribution in [-0.4, -0.2) is 38.7 Å².